The Kier molecular flexibility index (Phi) is 3.33. The van der Waals surface area contributed by atoms with Crippen LogP contribution in [-0.2, 0) is 29.3 Å². The van der Waals surface area contributed by atoms with Crippen LogP contribution < -0.4 is 9.64 Å². The highest BCUT2D eigenvalue weighted by Gasteiger charge is 2.95. The van der Waals surface area contributed by atoms with Crippen LogP contribution in [0.1, 0.15) is 38.2 Å². The largest absolute Gasteiger partial charge is 0.497 e. The summed E-state index contributed by atoms with van der Waals surface area (Å²) in [6, 6.07) is 5.28. The van der Waals surface area contributed by atoms with Crippen LogP contribution in [-0.4, -0.2) is 67.7 Å². The Labute approximate surface area is 180 Å². The number of fused-ring (bicyclic) bond motifs is 3. The molecule has 0 unspecified atom stereocenters. The molecule has 4 saturated heterocycles. The number of hydrogen-bond acceptors (Lipinski definition) is 7. The molecule has 2 bridgehead atoms. The standard InChI is InChI=1S/C23H26N2O6/c1-5-20-10-11-25-16(26)8-9-21-14-7-6-13(29-3)12-15(14)24(2)17(21)22(18(20)27,19(28)30-4)31-23(20,21)25/h6-7,12,17H,5,8-11H2,1-4H3/t17-,20+,21+,22+,23+/m1/s1. The number of nitrogens with zero attached hydrogens (tertiary/aromatic N) is 2. The lowest BCUT2D eigenvalue weighted by Gasteiger charge is -2.57. The zero-order valence-corrected chi connectivity index (χ0v) is 18.2. The zero-order chi connectivity index (χ0) is 22.0. The van der Waals surface area contributed by atoms with Crippen LogP contribution in [0.4, 0.5) is 5.69 Å². The molecule has 0 N–H and O–H groups in total. The highest BCUT2D eigenvalue weighted by atomic mass is 16.6. The Morgan fingerprint density at radius 2 is 2.03 bits per heavy atom. The minimum absolute atomic E-state index is 0.0142. The molecule has 0 saturated carbocycles. The van der Waals surface area contributed by atoms with E-state index in [0.29, 0.717) is 38.0 Å². The van der Waals surface area contributed by atoms with Crippen molar-refractivity contribution in [2.75, 3.05) is 32.7 Å². The van der Waals surface area contributed by atoms with E-state index in [1.165, 1.54) is 7.11 Å². The SMILES string of the molecule is CC[C@@]12CCN3C(=O)CC[C@]45c6ccc(OC)cc6N(C)[C@H]4[C@](C(=O)OC)(O[C@@]315)C2=O. The van der Waals surface area contributed by atoms with E-state index in [9.17, 15) is 14.4 Å². The van der Waals surface area contributed by atoms with E-state index in [2.05, 4.69) is 0 Å². The van der Waals surface area contributed by atoms with Crippen molar-refractivity contribution in [1.82, 2.24) is 4.90 Å². The molecule has 31 heavy (non-hydrogen) atoms. The van der Waals surface area contributed by atoms with Gasteiger partial charge in [-0.15, -0.1) is 0 Å². The lowest BCUT2D eigenvalue weighted by molar-refractivity contribution is -0.206. The maximum absolute atomic E-state index is 14.2. The topological polar surface area (TPSA) is 85.4 Å². The first-order chi connectivity index (χ1) is 14.8. The molecule has 5 heterocycles. The first-order valence-corrected chi connectivity index (χ1v) is 10.9. The number of benzene rings is 1. The summed E-state index contributed by atoms with van der Waals surface area (Å²) >= 11 is 0. The molecule has 8 nitrogen and oxygen atoms in total. The maximum Gasteiger partial charge on any atom is 0.348 e. The molecule has 6 rings (SSSR count). The van der Waals surface area contributed by atoms with Gasteiger partial charge in [0.25, 0.3) is 0 Å². The van der Waals surface area contributed by atoms with Gasteiger partial charge in [0.15, 0.2) is 11.5 Å². The van der Waals surface area contributed by atoms with Crippen molar-refractivity contribution in [3.05, 3.63) is 23.8 Å². The molecule has 1 aromatic rings. The molecular weight excluding hydrogens is 400 g/mol. The second-order valence-electron chi connectivity index (χ2n) is 9.40. The normalized spacial score (nSPS) is 41.4. The highest BCUT2D eigenvalue weighted by molar-refractivity contribution is 6.17. The second-order valence-corrected chi connectivity index (χ2v) is 9.40. The van der Waals surface area contributed by atoms with Crippen LogP contribution in [0.3, 0.4) is 0 Å². The van der Waals surface area contributed by atoms with Crippen molar-refractivity contribution >= 4 is 23.3 Å². The number of anilines is 1. The minimum Gasteiger partial charge on any atom is -0.497 e. The monoisotopic (exact) mass is 426 g/mol. The second kappa shape index (κ2) is 5.41. The average molecular weight is 426 g/mol. The van der Waals surface area contributed by atoms with E-state index in [4.69, 9.17) is 14.2 Å². The number of carbonyl (C=O) groups is 3. The third-order valence-corrected chi connectivity index (χ3v) is 8.91. The van der Waals surface area contributed by atoms with Crippen molar-refractivity contribution in [3.8, 4) is 5.75 Å². The number of esters is 1. The Morgan fingerprint density at radius 3 is 2.71 bits per heavy atom. The summed E-state index contributed by atoms with van der Waals surface area (Å²) in [6.45, 7) is 2.42. The van der Waals surface area contributed by atoms with Gasteiger partial charge in [0.2, 0.25) is 11.5 Å². The van der Waals surface area contributed by atoms with E-state index < -0.39 is 34.2 Å². The van der Waals surface area contributed by atoms with Gasteiger partial charge in [0.05, 0.1) is 31.1 Å². The van der Waals surface area contributed by atoms with Gasteiger partial charge in [0, 0.05) is 31.8 Å². The molecule has 1 amide bonds. The third kappa shape index (κ3) is 1.53. The number of methoxy groups -OCH3 is 2. The Bertz CT molecular complexity index is 1070. The van der Waals surface area contributed by atoms with E-state index >= 15 is 0 Å². The summed E-state index contributed by atoms with van der Waals surface area (Å²) in [5.41, 5.74) is -2.68. The minimum atomic E-state index is -1.77. The summed E-state index contributed by atoms with van der Waals surface area (Å²) < 4.78 is 17.4. The lowest BCUT2D eigenvalue weighted by atomic mass is 9.48. The fraction of sp³-hybridized carbons (Fsp3) is 0.609. The predicted molar refractivity (Wildman–Crippen MR) is 109 cm³/mol. The third-order valence-electron chi connectivity index (χ3n) is 8.91. The van der Waals surface area contributed by atoms with Crippen molar-refractivity contribution in [1.29, 1.82) is 0 Å². The van der Waals surface area contributed by atoms with Gasteiger partial charge >= 0.3 is 5.97 Å². The van der Waals surface area contributed by atoms with Gasteiger partial charge in [-0.1, -0.05) is 13.0 Å². The number of carbonyl (C=O) groups excluding carboxylic acids is 3. The summed E-state index contributed by atoms with van der Waals surface area (Å²) in [4.78, 5) is 44.5. The lowest BCUT2D eigenvalue weighted by Crippen LogP contribution is -2.75. The summed E-state index contributed by atoms with van der Waals surface area (Å²) in [7, 11) is 4.79. The maximum atomic E-state index is 14.2. The Balaban J connectivity index is 1.74. The molecular formula is C23H26N2O6. The first-order valence-electron chi connectivity index (χ1n) is 10.9. The number of hydrogen-bond donors (Lipinski definition) is 0. The van der Waals surface area contributed by atoms with Gasteiger partial charge in [-0.25, -0.2) is 4.79 Å². The number of rotatable bonds is 3. The van der Waals surface area contributed by atoms with Crippen LogP contribution in [0.15, 0.2) is 18.2 Å². The van der Waals surface area contributed by atoms with Crippen molar-refractivity contribution < 1.29 is 28.6 Å². The van der Waals surface area contributed by atoms with Gasteiger partial charge in [-0.3, -0.25) is 9.59 Å². The molecule has 164 valence electrons. The van der Waals surface area contributed by atoms with Gasteiger partial charge in [0.1, 0.15) is 5.75 Å². The molecule has 8 heteroatoms. The quantitative estimate of drug-likeness (QED) is 0.533. The molecule has 5 atom stereocenters. The predicted octanol–water partition coefficient (Wildman–Crippen LogP) is 1.39. The Hall–Kier alpha value is -2.61. The molecule has 4 fully saturated rings. The number of Topliss-reactive ketones (excluding diaryl/α,β-unsaturated/α-hetero) is 1. The van der Waals surface area contributed by atoms with Crippen LogP contribution in [0.2, 0.25) is 0 Å². The van der Waals surface area contributed by atoms with E-state index in [0.717, 1.165) is 11.3 Å². The number of amides is 1. The molecule has 0 aromatic heterocycles. The average Bonchev–Trinajstić information content (AvgIpc) is 3.43. The fourth-order valence-corrected chi connectivity index (χ4v) is 7.95. The Morgan fingerprint density at radius 1 is 1.26 bits per heavy atom. The van der Waals surface area contributed by atoms with Crippen molar-refractivity contribution in [3.63, 3.8) is 0 Å². The zero-order valence-electron chi connectivity index (χ0n) is 18.2. The van der Waals surface area contributed by atoms with E-state index in [1.54, 1.807) is 12.0 Å². The van der Waals surface area contributed by atoms with Crippen LogP contribution in [0, 0.1) is 5.41 Å². The first kappa shape index (κ1) is 19.1. The number of ketones is 1. The van der Waals surface area contributed by atoms with Crippen LogP contribution >= 0.6 is 0 Å². The fourth-order valence-electron chi connectivity index (χ4n) is 7.95. The summed E-state index contributed by atoms with van der Waals surface area (Å²) in [5.74, 6) is -0.228. The van der Waals surface area contributed by atoms with E-state index in [1.807, 2.05) is 37.1 Å². The number of likely N-dealkylation sites (N-methyl/N-ethyl adjacent to an activating group) is 1. The number of ether oxygens (including phenoxy) is 3. The molecule has 5 aliphatic heterocycles. The van der Waals surface area contributed by atoms with Crippen LogP contribution in [0.25, 0.3) is 0 Å². The molecule has 0 radical (unpaired) electrons. The van der Waals surface area contributed by atoms with Crippen molar-refractivity contribution in [2.24, 2.45) is 5.41 Å². The highest BCUT2D eigenvalue weighted by Crippen LogP contribution is 2.78. The molecule has 5 aliphatic rings. The van der Waals surface area contributed by atoms with Gasteiger partial charge < -0.3 is 24.0 Å². The number of piperidine rings is 1. The van der Waals surface area contributed by atoms with Crippen LogP contribution in [0.5, 0.6) is 5.75 Å². The van der Waals surface area contributed by atoms with Gasteiger partial charge in [-0.2, -0.15) is 0 Å². The van der Waals surface area contributed by atoms with E-state index in [-0.39, 0.29) is 11.7 Å². The summed E-state index contributed by atoms with van der Waals surface area (Å²) in [5, 5.41) is 0. The van der Waals surface area contributed by atoms with Gasteiger partial charge in [-0.05, 0) is 30.9 Å². The smallest absolute Gasteiger partial charge is 0.348 e. The molecule has 1 aromatic carbocycles. The molecule has 2 spiro atoms. The molecule has 0 aliphatic carbocycles. The van der Waals surface area contributed by atoms with Crippen molar-refractivity contribution in [2.45, 2.75) is 55.4 Å². The summed E-state index contributed by atoms with van der Waals surface area (Å²) in [6.07, 6.45) is 1.87.